The number of imidazole rings is 1. The number of rotatable bonds is 6. The third-order valence-corrected chi connectivity index (χ3v) is 4.37. The van der Waals surface area contributed by atoms with E-state index in [1.54, 1.807) is 0 Å². The van der Waals surface area contributed by atoms with Gasteiger partial charge in [-0.1, -0.05) is 34.1 Å². The number of hydrogen-bond acceptors (Lipinski definition) is 3. The van der Waals surface area contributed by atoms with Gasteiger partial charge in [-0.25, -0.2) is 4.98 Å². The van der Waals surface area contributed by atoms with E-state index >= 15 is 0 Å². The predicted molar refractivity (Wildman–Crippen MR) is 90.9 cm³/mol. The summed E-state index contributed by atoms with van der Waals surface area (Å²) < 4.78 is 42.0. The molecule has 0 spiro atoms. The van der Waals surface area contributed by atoms with Gasteiger partial charge in [0.05, 0.1) is 0 Å². The normalized spacial score (nSPS) is 14.1. The highest BCUT2D eigenvalue weighted by molar-refractivity contribution is 9.10. The van der Waals surface area contributed by atoms with Gasteiger partial charge in [0.25, 0.3) is 0 Å². The van der Waals surface area contributed by atoms with E-state index in [1.165, 1.54) is 24.0 Å². The van der Waals surface area contributed by atoms with Crippen molar-refractivity contribution in [3.8, 4) is 0 Å². The van der Waals surface area contributed by atoms with Crippen LogP contribution in [0.15, 0.2) is 41.1 Å². The Morgan fingerprint density at radius 2 is 1.96 bits per heavy atom. The van der Waals surface area contributed by atoms with Crippen molar-refractivity contribution >= 4 is 28.3 Å². The predicted octanol–water partition coefficient (Wildman–Crippen LogP) is 3.53. The second-order valence-electron chi connectivity index (χ2n) is 5.24. The van der Waals surface area contributed by atoms with Crippen molar-refractivity contribution in [2.45, 2.75) is 24.7 Å². The Hall–Kier alpha value is -1.09. The van der Waals surface area contributed by atoms with Gasteiger partial charge in [0.2, 0.25) is 5.60 Å². The lowest BCUT2D eigenvalue weighted by Gasteiger charge is -2.30. The van der Waals surface area contributed by atoms with Crippen molar-refractivity contribution in [2.75, 3.05) is 6.54 Å². The average molecular weight is 429 g/mol. The molecule has 0 radical (unpaired) electrons. The van der Waals surface area contributed by atoms with Crippen molar-refractivity contribution in [3.63, 3.8) is 0 Å². The lowest BCUT2D eigenvalue weighted by Crippen LogP contribution is -2.46. The summed E-state index contributed by atoms with van der Waals surface area (Å²) in [5.41, 5.74) is -2.05. The quantitative estimate of drug-likeness (QED) is 0.692. The number of nitrogens with one attached hydrogen (secondary N) is 1. The Bertz CT molecular complexity index is 665. The van der Waals surface area contributed by atoms with E-state index in [2.05, 4.69) is 26.2 Å². The first-order chi connectivity index (χ1) is 10.8. The molecule has 9 heteroatoms. The molecule has 0 bridgehead atoms. The van der Waals surface area contributed by atoms with Crippen LogP contribution < -0.4 is 5.32 Å². The maximum absolute atomic E-state index is 13.3. The maximum atomic E-state index is 13.3. The number of aryl methyl sites for hydroxylation is 1. The number of halogens is 5. The minimum Gasteiger partial charge on any atom is -0.374 e. The molecule has 2 N–H and O–H groups in total. The Labute approximate surface area is 152 Å². The topological polar surface area (TPSA) is 50.1 Å². The van der Waals surface area contributed by atoms with Crippen LogP contribution in [0.25, 0.3) is 0 Å². The summed E-state index contributed by atoms with van der Waals surface area (Å²) in [6, 6.07) is 7.43. The zero-order chi connectivity index (χ0) is 17.1. The zero-order valence-electron chi connectivity index (χ0n) is 12.8. The van der Waals surface area contributed by atoms with E-state index in [0.717, 1.165) is 10.0 Å². The van der Waals surface area contributed by atoms with Crippen LogP contribution in [0.2, 0.25) is 0 Å². The molecule has 0 aliphatic carbocycles. The van der Waals surface area contributed by atoms with Crippen LogP contribution in [0.5, 0.6) is 0 Å². The van der Waals surface area contributed by atoms with Gasteiger partial charge in [0, 0.05) is 36.9 Å². The molecule has 2 rings (SSSR count). The van der Waals surface area contributed by atoms with Crippen LogP contribution in [-0.2, 0) is 19.2 Å². The summed E-state index contributed by atoms with van der Waals surface area (Å²) in [6.07, 6.45) is -2.71. The lowest BCUT2D eigenvalue weighted by atomic mass is 9.97. The second-order valence-corrected chi connectivity index (χ2v) is 6.09. The molecule has 0 fully saturated rings. The van der Waals surface area contributed by atoms with Crippen molar-refractivity contribution in [1.29, 1.82) is 0 Å². The molecule has 4 nitrogen and oxygen atoms in total. The average Bonchev–Trinajstić information content (AvgIpc) is 2.90. The third-order valence-electron chi connectivity index (χ3n) is 3.60. The molecule has 1 aromatic heterocycles. The number of hydrogen-bond donors (Lipinski definition) is 2. The molecule has 134 valence electrons. The van der Waals surface area contributed by atoms with Gasteiger partial charge in [-0.2, -0.15) is 13.2 Å². The van der Waals surface area contributed by atoms with Gasteiger partial charge >= 0.3 is 6.18 Å². The summed E-state index contributed by atoms with van der Waals surface area (Å²) in [5.74, 6) is -0.410. The van der Waals surface area contributed by atoms with Gasteiger partial charge in [0.1, 0.15) is 5.82 Å². The van der Waals surface area contributed by atoms with Crippen LogP contribution in [0.1, 0.15) is 17.8 Å². The molecule has 2 aromatic rings. The maximum Gasteiger partial charge on any atom is 0.424 e. The summed E-state index contributed by atoms with van der Waals surface area (Å²) in [7, 11) is 1.42. The molecular weight excluding hydrogens is 411 g/mol. The fourth-order valence-corrected chi connectivity index (χ4v) is 2.70. The van der Waals surface area contributed by atoms with Gasteiger partial charge in [-0.05, 0) is 18.2 Å². The van der Waals surface area contributed by atoms with Crippen molar-refractivity contribution in [3.05, 3.63) is 52.5 Å². The largest absolute Gasteiger partial charge is 0.424 e. The molecule has 0 aliphatic rings. The number of benzene rings is 1. The molecule has 1 unspecified atom stereocenters. The molecule has 0 amide bonds. The third kappa shape index (κ3) is 4.50. The minimum atomic E-state index is -4.80. The Kier molecular flexibility index (Phi) is 7.27. The molecular formula is C15H18BrClF3N3O. The highest BCUT2D eigenvalue weighted by Gasteiger charge is 2.56. The zero-order valence-corrected chi connectivity index (χ0v) is 15.2. The molecule has 0 saturated carbocycles. The first kappa shape index (κ1) is 21.0. The number of nitrogens with zero attached hydrogens (tertiary/aromatic N) is 2. The van der Waals surface area contributed by atoms with Crippen LogP contribution in [0, 0.1) is 0 Å². The highest BCUT2D eigenvalue weighted by atomic mass is 79.9. The fraction of sp³-hybridized carbons (Fsp3) is 0.400. The van der Waals surface area contributed by atoms with E-state index < -0.39 is 24.0 Å². The van der Waals surface area contributed by atoms with Crippen molar-refractivity contribution in [2.24, 2.45) is 7.05 Å². The monoisotopic (exact) mass is 427 g/mol. The van der Waals surface area contributed by atoms with Gasteiger partial charge in [-0.3, -0.25) is 0 Å². The molecule has 0 aliphatic heterocycles. The fourth-order valence-electron chi connectivity index (χ4n) is 2.28. The van der Waals surface area contributed by atoms with E-state index in [4.69, 9.17) is 0 Å². The summed E-state index contributed by atoms with van der Waals surface area (Å²) in [5, 5.41) is 13.1. The van der Waals surface area contributed by atoms with Crippen molar-refractivity contribution in [1.82, 2.24) is 14.9 Å². The van der Waals surface area contributed by atoms with Crippen LogP contribution in [0.4, 0.5) is 13.2 Å². The first-order valence-electron chi connectivity index (χ1n) is 6.97. The number of alkyl halides is 3. The molecule has 0 saturated heterocycles. The molecule has 24 heavy (non-hydrogen) atoms. The Morgan fingerprint density at radius 1 is 1.29 bits per heavy atom. The highest BCUT2D eigenvalue weighted by Crippen LogP contribution is 2.40. The first-order valence-corrected chi connectivity index (χ1v) is 7.76. The molecule has 1 heterocycles. The summed E-state index contributed by atoms with van der Waals surface area (Å²) in [6.45, 7) is 0.389. The summed E-state index contributed by atoms with van der Waals surface area (Å²) in [4.78, 5) is 3.66. The van der Waals surface area contributed by atoms with Gasteiger partial charge < -0.3 is 15.0 Å². The Morgan fingerprint density at radius 3 is 2.50 bits per heavy atom. The number of aromatic nitrogens is 2. The summed E-state index contributed by atoms with van der Waals surface area (Å²) >= 11 is 3.38. The van der Waals surface area contributed by atoms with Crippen LogP contribution in [0.3, 0.4) is 0 Å². The Balaban J connectivity index is 0.00000288. The van der Waals surface area contributed by atoms with Gasteiger partial charge in [-0.15, -0.1) is 12.4 Å². The van der Waals surface area contributed by atoms with Crippen molar-refractivity contribution < 1.29 is 18.3 Å². The van der Waals surface area contributed by atoms with E-state index in [0.29, 0.717) is 6.54 Å². The van der Waals surface area contributed by atoms with Crippen LogP contribution in [-0.4, -0.2) is 27.4 Å². The van der Waals surface area contributed by atoms with E-state index in [1.807, 2.05) is 24.3 Å². The SMILES string of the molecule is Cl.Cn1ccnc1C(O)(CCNCc1ccccc1Br)C(F)(F)F. The molecule has 1 aromatic carbocycles. The van der Waals surface area contributed by atoms with E-state index in [-0.39, 0.29) is 19.0 Å². The molecule has 1 atom stereocenters. The lowest BCUT2D eigenvalue weighted by molar-refractivity contribution is -0.272. The minimum absolute atomic E-state index is 0. The van der Waals surface area contributed by atoms with Gasteiger partial charge in [0.15, 0.2) is 0 Å². The van der Waals surface area contributed by atoms with Crippen LogP contribution >= 0.6 is 28.3 Å². The smallest absolute Gasteiger partial charge is 0.374 e. The standard InChI is InChI=1S/C15H17BrF3N3O.ClH/c1-22-9-8-21-13(22)14(23,15(17,18)19)6-7-20-10-11-4-2-3-5-12(11)16;/h2-5,8-9,20,23H,6-7,10H2,1H3;1H. The second kappa shape index (κ2) is 8.33. The number of aliphatic hydroxyl groups is 1. The van der Waals surface area contributed by atoms with E-state index in [9.17, 15) is 18.3 Å².